The predicted octanol–water partition coefficient (Wildman–Crippen LogP) is 3.20. The van der Waals surface area contributed by atoms with Crippen LogP contribution in [0.3, 0.4) is 0 Å². The van der Waals surface area contributed by atoms with Crippen molar-refractivity contribution in [1.29, 1.82) is 0 Å². The minimum atomic E-state index is -0.428. The molecule has 2 aromatic rings. The number of aliphatic hydroxyl groups excluding tert-OH is 1. The van der Waals surface area contributed by atoms with Crippen molar-refractivity contribution in [1.82, 2.24) is 4.98 Å². The molecule has 1 aromatic carbocycles. The Morgan fingerprint density at radius 1 is 1.17 bits per heavy atom. The van der Waals surface area contributed by atoms with Crippen molar-refractivity contribution < 1.29 is 9.84 Å². The van der Waals surface area contributed by atoms with Crippen LogP contribution < -0.4 is 4.74 Å². The molecule has 0 radical (unpaired) electrons. The summed E-state index contributed by atoms with van der Waals surface area (Å²) in [6, 6.07) is 11.6. The third kappa shape index (κ3) is 2.68. The van der Waals surface area contributed by atoms with Crippen molar-refractivity contribution in [2.75, 3.05) is 7.11 Å². The van der Waals surface area contributed by atoms with Crippen LogP contribution in [-0.2, 0) is 0 Å². The van der Waals surface area contributed by atoms with Gasteiger partial charge in [0.1, 0.15) is 5.75 Å². The fraction of sp³-hybridized carbons (Fsp3) is 0.267. The molecule has 0 aliphatic rings. The van der Waals surface area contributed by atoms with E-state index in [1.165, 1.54) is 0 Å². The van der Waals surface area contributed by atoms with Crippen LogP contribution in [0.1, 0.15) is 25.0 Å². The molecule has 0 fully saturated rings. The fourth-order valence-electron chi connectivity index (χ4n) is 1.77. The molecule has 0 spiro atoms. The first-order valence-corrected chi connectivity index (χ1v) is 6.03. The molecule has 3 heteroatoms. The summed E-state index contributed by atoms with van der Waals surface area (Å²) in [6.07, 6.45) is 2.00. The van der Waals surface area contributed by atoms with Crippen molar-refractivity contribution >= 4 is 0 Å². The van der Waals surface area contributed by atoms with Crippen LogP contribution in [0, 0.1) is 0 Å². The number of pyridine rings is 1. The molecule has 1 atom stereocenters. The lowest BCUT2D eigenvalue weighted by atomic mass is 10.1. The Morgan fingerprint density at radius 3 is 2.39 bits per heavy atom. The van der Waals surface area contributed by atoms with Crippen molar-refractivity contribution in [3.8, 4) is 17.0 Å². The van der Waals surface area contributed by atoms with Crippen LogP contribution in [0.25, 0.3) is 11.3 Å². The summed E-state index contributed by atoms with van der Waals surface area (Å²) in [5.41, 5.74) is 2.79. The van der Waals surface area contributed by atoms with Crippen molar-refractivity contribution in [3.63, 3.8) is 0 Å². The summed E-state index contributed by atoms with van der Waals surface area (Å²) in [5, 5.41) is 9.70. The number of nitrogens with zero attached hydrogens (tertiary/aromatic N) is 1. The van der Waals surface area contributed by atoms with E-state index >= 15 is 0 Å². The molecule has 3 nitrogen and oxygen atoms in total. The maximum Gasteiger partial charge on any atom is 0.118 e. The minimum absolute atomic E-state index is 0.428. The molecule has 2 rings (SSSR count). The first kappa shape index (κ1) is 12.6. The van der Waals surface area contributed by atoms with E-state index in [2.05, 4.69) is 4.98 Å². The summed E-state index contributed by atoms with van der Waals surface area (Å²) in [7, 11) is 1.65. The molecule has 1 N–H and O–H groups in total. The number of rotatable bonds is 4. The maximum atomic E-state index is 9.70. The van der Waals surface area contributed by atoms with Gasteiger partial charge >= 0.3 is 0 Å². The molecule has 0 unspecified atom stereocenters. The van der Waals surface area contributed by atoms with Crippen molar-refractivity contribution in [2.24, 2.45) is 0 Å². The van der Waals surface area contributed by atoms with E-state index in [0.717, 1.165) is 22.6 Å². The molecular formula is C15H17NO2. The standard InChI is InChI=1S/C15H17NO2/c1-3-15(17)12-6-9-14(16-10-12)11-4-7-13(18-2)8-5-11/h4-10,15,17H,3H2,1-2H3/t15-/m0/s1. The van der Waals surface area contributed by atoms with Gasteiger partial charge in [0, 0.05) is 11.8 Å². The van der Waals surface area contributed by atoms with Crippen LogP contribution in [0.2, 0.25) is 0 Å². The third-order valence-corrected chi connectivity index (χ3v) is 2.94. The highest BCUT2D eigenvalue weighted by Crippen LogP contribution is 2.22. The van der Waals surface area contributed by atoms with Gasteiger partial charge in [0.25, 0.3) is 0 Å². The number of ether oxygens (including phenoxy) is 1. The van der Waals surface area contributed by atoms with E-state index in [1.807, 2.05) is 43.3 Å². The Labute approximate surface area is 107 Å². The van der Waals surface area contributed by atoms with Gasteiger partial charge < -0.3 is 9.84 Å². The lowest BCUT2D eigenvalue weighted by Crippen LogP contribution is -1.96. The lowest BCUT2D eigenvalue weighted by molar-refractivity contribution is 0.173. The van der Waals surface area contributed by atoms with Crippen molar-refractivity contribution in [2.45, 2.75) is 19.4 Å². The first-order valence-electron chi connectivity index (χ1n) is 6.03. The second-order valence-electron chi connectivity index (χ2n) is 4.13. The second-order valence-corrected chi connectivity index (χ2v) is 4.13. The Kier molecular flexibility index (Phi) is 3.95. The second kappa shape index (κ2) is 5.65. The van der Waals surface area contributed by atoms with Crippen LogP contribution in [0.4, 0.5) is 0 Å². The van der Waals surface area contributed by atoms with Crippen LogP contribution in [0.5, 0.6) is 5.75 Å². The van der Waals surface area contributed by atoms with Gasteiger partial charge in [-0.3, -0.25) is 4.98 Å². The summed E-state index contributed by atoms with van der Waals surface area (Å²) in [4.78, 5) is 4.37. The van der Waals surface area contributed by atoms with E-state index in [4.69, 9.17) is 4.74 Å². The molecule has 0 aliphatic heterocycles. The highest BCUT2D eigenvalue weighted by atomic mass is 16.5. The Bertz CT molecular complexity index is 491. The van der Waals surface area contributed by atoms with Crippen molar-refractivity contribution in [3.05, 3.63) is 48.2 Å². The number of hydrogen-bond acceptors (Lipinski definition) is 3. The van der Waals surface area contributed by atoms with Gasteiger partial charge in [-0.05, 0) is 42.3 Å². The highest BCUT2D eigenvalue weighted by molar-refractivity contribution is 5.60. The third-order valence-electron chi connectivity index (χ3n) is 2.94. The smallest absolute Gasteiger partial charge is 0.118 e. The summed E-state index contributed by atoms with van der Waals surface area (Å²) in [6.45, 7) is 1.95. The Balaban J connectivity index is 2.22. The Hall–Kier alpha value is -1.87. The number of hydrogen-bond donors (Lipinski definition) is 1. The van der Waals surface area contributed by atoms with Crippen LogP contribution in [0.15, 0.2) is 42.6 Å². The molecule has 94 valence electrons. The number of aromatic nitrogens is 1. The zero-order valence-electron chi connectivity index (χ0n) is 10.6. The average molecular weight is 243 g/mol. The van der Waals surface area contributed by atoms with Gasteiger partial charge in [-0.2, -0.15) is 0 Å². The number of methoxy groups -OCH3 is 1. The summed E-state index contributed by atoms with van der Waals surface area (Å²) >= 11 is 0. The quantitative estimate of drug-likeness (QED) is 0.896. The van der Waals surface area contributed by atoms with Crippen LogP contribution >= 0.6 is 0 Å². The highest BCUT2D eigenvalue weighted by Gasteiger charge is 2.06. The van der Waals surface area contributed by atoms with E-state index in [1.54, 1.807) is 13.3 Å². The predicted molar refractivity (Wildman–Crippen MR) is 71.5 cm³/mol. The SMILES string of the molecule is CC[C@H](O)c1ccc(-c2ccc(OC)cc2)nc1. The maximum absolute atomic E-state index is 9.70. The molecular weight excluding hydrogens is 226 g/mol. The molecule has 0 aliphatic carbocycles. The first-order chi connectivity index (χ1) is 8.74. The number of benzene rings is 1. The van der Waals surface area contributed by atoms with Crippen LogP contribution in [-0.4, -0.2) is 17.2 Å². The van der Waals surface area contributed by atoms with Gasteiger partial charge in [0.05, 0.1) is 18.9 Å². The monoisotopic (exact) mass is 243 g/mol. The Morgan fingerprint density at radius 2 is 1.89 bits per heavy atom. The van der Waals surface area contributed by atoms with E-state index in [0.29, 0.717) is 6.42 Å². The van der Waals surface area contributed by atoms with Gasteiger partial charge in [0.15, 0.2) is 0 Å². The molecule has 0 amide bonds. The lowest BCUT2D eigenvalue weighted by Gasteiger charge is -2.08. The van der Waals surface area contributed by atoms with Gasteiger partial charge in [-0.15, -0.1) is 0 Å². The molecule has 1 aromatic heterocycles. The minimum Gasteiger partial charge on any atom is -0.497 e. The van der Waals surface area contributed by atoms with Gasteiger partial charge in [0.2, 0.25) is 0 Å². The van der Waals surface area contributed by atoms with E-state index in [9.17, 15) is 5.11 Å². The fourth-order valence-corrected chi connectivity index (χ4v) is 1.77. The normalized spacial score (nSPS) is 12.2. The molecule has 0 bridgehead atoms. The van der Waals surface area contributed by atoms with Gasteiger partial charge in [-0.25, -0.2) is 0 Å². The molecule has 1 heterocycles. The zero-order valence-corrected chi connectivity index (χ0v) is 10.6. The van der Waals surface area contributed by atoms with Gasteiger partial charge in [-0.1, -0.05) is 13.0 Å². The average Bonchev–Trinajstić information content (AvgIpc) is 2.47. The summed E-state index contributed by atoms with van der Waals surface area (Å²) < 4.78 is 5.12. The zero-order chi connectivity index (χ0) is 13.0. The molecule has 0 saturated carbocycles. The summed E-state index contributed by atoms with van der Waals surface area (Å²) in [5.74, 6) is 0.830. The molecule has 18 heavy (non-hydrogen) atoms. The molecule has 0 saturated heterocycles. The topological polar surface area (TPSA) is 42.4 Å². The van der Waals surface area contributed by atoms with E-state index in [-0.39, 0.29) is 0 Å². The number of aliphatic hydroxyl groups is 1. The van der Waals surface area contributed by atoms with E-state index < -0.39 is 6.10 Å². The largest absolute Gasteiger partial charge is 0.497 e.